The average Bonchev–Trinajstić information content (AvgIpc) is 3.01. The molecule has 2 aromatic heterocycles. The fraction of sp³-hybridized carbons (Fsp3) is 0.368. The number of pyridine rings is 1. The molecule has 6 nitrogen and oxygen atoms in total. The number of carbonyl (C=O) groups is 1. The quantitative estimate of drug-likeness (QED) is 0.793. The number of nitrogens with zero attached hydrogens (tertiary/aromatic N) is 4. The number of carbonyl (C=O) groups excluding carboxylic acids is 1. The van der Waals surface area contributed by atoms with E-state index in [-0.39, 0.29) is 11.9 Å². The van der Waals surface area contributed by atoms with Crippen molar-refractivity contribution in [2.45, 2.75) is 40.2 Å². The third kappa shape index (κ3) is 3.12. The molecule has 0 saturated heterocycles. The molecule has 1 N–H and O–H groups in total. The summed E-state index contributed by atoms with van der Waals surface area (Å²) in [5.41, 5.74) is 4.64. The average molecular weight is 337 g/mol. The van der Waals surface area contributed by atoms with Gasteiger partial charge in [0.15, 0.2) is 0 Å². The minimum atomic E-state index is -0.185. The molecule has 130 valence electrons. The van der Waals surface area contributed by atoms with Crippen molar-refractivity contribution in [1.29, 1.82) is 0 Å². The van der Waals surface area contributed by atoms with Gasteiger partial charge in [0, 0.05) is 18.1 Å². The summed E-state index contributed by atoms with van der Waals surface area (Å²) in [7, 11) is 1.83. The third-order valence-corrected chi connectivity index (χ3v) is 4.65. The molecular weight excluding hydrogens is 314 g/mol. The van der Waals surface area contributed by atoms with Gasteiger partial charge in [0.05, 0.1) is 17.1 Å². The molecule has 0 spiro atoms. The number of rotatable bonds is 4. The van der Waals surface area contributed by atoms with E-state index in [1.165, 1.54) is 11.9 Å². The Morgan fingerprint density at radius 1 is 1.28 bits per heavy atom. The molecular formula is C19H23N5O. The van der Waals surface area contributed by atoms with Gasteiger partial charge in [-0.25, -0.2) is 4.98 Å². The molecule has 25 heavy (non-hydrogen) atoms. The zero-order valence-corrected chi connectivity index (χ0v) is 15.3. The second-order valence-corrected chi connectivity index (χ2v) is 6.39. The number of benzene rings is 1. The lowest BCUT2D eigenvalue weighted by Crippen LogP contribution is -2.30. The van der Waals surface area contributed by atoms with Crippen LogP contribution in [0.25, 0.3) is 10.9 Å². The highest BCUT2D eigenvalue weighted by Gasteiger charge is 2.20. The lowest BCUT2D eigenvalue weighted by Gasteiger charge is -2.17. The Labute approximate surface area is 147 Å². The summed E-state index contributed by atoms with van der Waals surface area (Å²) in [6.07, 6.45) is 2.24. The monoisotopic (exact) mass is 337 g/mol. The van der Waals surface area contributed by atoms with Crippen LogP contribution in [0.1, 0.15) is 52.4 Å². The minimum Gasteiger partial charge on any atom is -0.342 e. The molecule has 0 aliphatic heterocycles. The summed E-state index contributed by atoms with van der Waals surface area (Å²) < 4.78 is 1.69. The van der Waals surface area contributed by atoms with Gasteiger partial charge in [-0.15, -0.1) is 0 Å². The van der Waals surface area contributed by atoms with Gasteiger partial charge < -0.3 is 5.32 Å². The Balaban J connectivity index is 2.02. The van der Waals surface area contributed by atoms with Crippen molar-refractivity contribution in [2.75, 3.05) is 0 Å². The fourth-order valence-corrected chi connectivity index (χ4v) is 3.05. The molecule has 0 radical (unpaired) electrons. The van der Waals surface area contributed by atoms with Crippen LogP contribution in [0.2, 0.25) is 0 Å². The number of fused-ring (bicyclic) bond motifs is 1. The van der Waals surface area contributed by atoms with Crippen molar-refractivity contribution in [3.63, 3.8) is 0 Å². The Kier molecular flexibility index (Phi) is 4.53. The second-order valence-electron chi connectivity index (χ2n) is 6.39. The molecule has 0 fully saturated rings. The van der Waals surface area contributed by atoms with Gasteiger partial charge in [0.2, 0.25) is 0 Å². The Hall–Kier alpha value is -2.76. The molecule has 0 aliphatic carbocycles. The lowest BCUT2D eigenvalue weighted by atomic mass is 10.0. The number of hydrogen-bond acceptors (Lipinski definition) is 4. The van der Waals surface area contributed by atoms with Crippen molar-refractivity contribution in [1.82, 2.24) is 25.1 Å². The number of aromatic nitrogens is 4. The molecule has 0 bridgehead atoms. The standard InChI is InChI=1S/C19H23N5O/c1-6-16(18-20-10-21-24(18)5)23-19(25)15-9-12(3)22-17-13(4)11(2)7-8-14(15)17/h7-10,16H,6H2,1-5H3,(H,23,25)/t16-/m0/s1. The topological polar surface area (TPSA) is 72.7 Å². The summed E-state index contributed by atoms with van der Waals surface area (Å²) in [6, 6.07) is 5.67. The maximum absolute atomic E-state index is 13.0. The maximum Gasteiger partial charge on any atom is 0.252 e. The number of aryl methyl sites for hydroxylation is 4. The first-order valence-electron chi connectivity index (χ1n) is 8.44. The van der Waals surface area contributed by atoms with E-state index in [4.69, 9.17) is 0 Å². The number of amides is 1. The van der Waals surface area contributed by atoms with Gasteiger partial charge in [-0.1, -0.05) is 19.1 Å². The van der Waals surface area contributed by atoms with Crippen LogP contribution in [0.4, 0.5) is 0 Å². The van der Waals surface area contributed by atoms with Crippen LogP contribution in [0.5, 0.6) is 0 Å². The van der Waals surface area contributed by atoms with Crippen molar-refractivity contribution in [3.8, 4) is 0 Å². The molecule has 6 heteroatoms. The van der Waals surface area contributed by atoms with E-state index in [1.807, 2.05) is 46.0 Å². The second kappa shape index (κ2) is 6.63. The van der Waals surface area contributed by atoms with Crippen LogP contribution in [-0.4, -0.2) is 25.7 Å². The van der Waals surface area contributed by atoms with Gasteiger partial charge >= 0.3 is 0 Å². The van der Waals surface area contributed by atoms with Crippen molar-refractivity contribution >= 4 is 16.8 Å². The molecule has 3 aromatic rings. The smallest absolute Gasteiger partial charge is 0.252 e. The highest BCUT2D eigenvalue weighted by atomic mass is 16.1. The van der Waals surface area contributed by atoms with Gasteiger partial charge in [0.25, 0.3) is 5.91 Å². The molecule has 0 aliphatic rings. The molecule has 1 amide bonds. The van der Waals surface area contributed by atoms with E-state index in [9.17, 15) is 4.79 Å². The Bertz CT molecular complexity index is 944. The van der Waals surface area contributed by atoms with E-state index >= 15 is 0 Å². The Morgan fingerprint density at radius 3 is 2.68 bits per heavy atom. The van der Waals surface area contributed by atoms with Crippen LogP contribution in [0, 0.1) is 20.8 Å². The third-order valence-electron chi connectivity index (χ3n) is 4.65. The van der Waals surface area contributed by atoms with E-state index in [2.05, 4.69) is 27.3 Å². The summed E-state index contributed by atoms with van der Waals surface area (Å²) in [5.74, 6) is 0.631. The van der Waals surface area contributed by atoms with E-state index in [1.54, 1.807) is 4.68 Å². The highest BCUT2D eigenvalue weighted by Crippen LogP contribution is 2.25. The van der Waals surface area contributed by atoms with Gasteiger partial charge in [0.1, 0.15) is 12.2 Å². The fourth-order valence-electron chi connectivity index (χ4n) is 3.05. The van der Waals surface area contributed by atoms with Crippen molar-refractivity contribution in [3.05, 3.63) is 52.7 Å². The summed E-state index contributed by atoms with van der Waals surface area (Å²) >= 11 is 0. The Morgan fingerprint density at radius 2 is 2.04 bits per heavy atom. The summed E-state index contributed by atoms with van der Waals surface area (Å²) in [5, 5.41) is 8.06. The molecule has 2 heterocycles. The summed E-state index contributed by atoms with van der Waals surface area (Å²) in [6.45, 7) is 8.03. The molecule has 0 saturated carbocycles. The normalized spacial score (nSPS) is 12.4. The highest BCUT2D eigenvalue weighted by molar-refractivity contribution is 6.07. The van der Waals surface area contributed by atoms with Crippen LogP contribution in [-0.2, 0) is 7.05 Å². The first-order valence-corrected chi connectivity index (χ1v) is 8.44. The first kappa shape index (κ1) is 17.1. The zero-order valence-electron chi connectivity index (χ0n) is 15.3. The molecule has 1 aromatic carbocycles. The van der Waals surface area contributed by atoms with Crippen LogP contribution >= 0.6 is 0 Å². The van der Waals surface area contributed by atoms with Crippen LogP contribution in [0.3, 0.4) is 0 Å². The van der Waals surface area contributed by atoms with Gasteiger partial charge in [-0.2, -0.15) is 5.10 Å². The minimum absolute atomic E-state index is 0.117. The van der Waals surface area contributed by atoms with Crippen molar-refractivity contribution in [2.24, 2.45) is 7.05 Å². The number of nitrogens with one attached hydrogen (secondary N) is 1. The predicted molar refractivity (Wildman–Crippen MR) is 97.5 cm³/mol. The van der Waals surface area contributed by atoms with E-state index < -0.39 is 0 Å². The maximum atomic E-state index is 13.0. The predicted octanol–water partition coefficient (Wildman–Crippen LogP) is 3.17. The number of hydrogen-bond donors (Lipinski definition) is 1. The van der Waals surface area contributed by atoms with Crippen LogP contribution < -0.4 is 5.32 Å². The summed E-state index contributed by atoms with van der Waals surface area (Å²) in [4.78, 5) is 21.9. The molecule has 1 atom stereocenters. The van der Waals surface area contributed by atoms with Crippen molar-refractivity contribution < 1.29 is 4.79 Å². The first-order chi connectivity index (χ1) is 11.9. The largest absolute Gasteiger partial charge is 0.342 e. The SMILES string of the molecule is CC[C@H](NC(=O)c1cc(C)nc2c(C)c(C)ccc12)c1ncnn1C. The van der Waals surface area contributed by atoms with E-state index in [0.29, 0.717) is 5.56 Å². The molecule has 3 rings (SSSR count). The van der Waals surface area contributed by atoms with Crippen LogP contribution in [0.15, 0.2) is 24.5 Å². The van der Waals surface area contributed by atoms with Gasteiger partial charge in [-0.3, -0.25) is 14.5 Å². The molecule has 0 unspecified atom stereocenters. The lowest BCUT2D eigenvalue weighted by molar-refractivity contribution is 0.0934. The van der Waals surface area contributed by atoms with Gasteiger partial charge in [-0.05, 0) is 44.4 Å². The zero-order chi connectivity index (χ0) is 18.1. The van der Waals surface area contributed by atoms with E-state index in [0.717, 1.165) is 34.4 Å².